The van der Waals surface area contributed by atoms with Gasteiger partial charge in [0.2, 0.25) is 0 Å². The number of piperidine rings is 1. The van der Waals surface area contributed by atoms with Crippen molar-refractivity contribution in [2.24, 2.45) is 0 Å². The maximum absolute atomic E-state index is 6.08. The van der Waals surface area contributed by atoms with Crippen molar-refractivity contribution in [1.82, 2.24) is 10.2 Å². The van der Waals surface area contributed by atoms with Gasteiger partial charge in [-0.2, -0.15) is 0 Å². The summed E-state index contributed by atoms with van der Waals surface area (Å²) in [5, 5.41) is 4.54. The van der Waals surface area contributed by atoms with E-state index in [1.54, 1.807) is 0 Å². The third kappa shape index (κ3) is 4.20. The quantitative estimate of drug-likeness (QED) is 0.881. The molecule has 1 aliphatic heterocycles. The molecule has 3 heteroatoms. The third-order valence-corrected chi connectivity index (χ3v) is 4.42. The van der Waals surface area contributed by atoms with E-state index >= 15 is 0 Å². The predicted octanol–water partition coefficient (Wildman–Crippen LogP) is 3.87. The molecule has 2 unspecified atom stereocenters. The van der Waals surface area contributed by atoms with Crippen LogP contribution in [0.5, 0.6) is 0 Å². The van der Waals surface area contributed by atoms with Crippen molar-refractivity contribution in [3.63, 3.8) is 0 Å². The summed E-state index contributed by atoms with van der Waals surface area (Å²) in [7, 11) is 2.24. The Morgan fingerprint density at radius 3 is 2.95 bits per heavy atom. The number of benzene rings is 1. The Bertz CT molecular complexity index is 394. The molecule has 0 radical (unpaired) electrons. The van der Waals surface area contributed by atoms with Gasteiger partial charge >= 0.3 is 0 Å². The summed E-state index contributed by atoms with van der Waals surface area (Å²) in [4.78, 5) is 2.49. The molecule has 1 N–H and O–H groups in total. The molecule has 19 heavy (non-hydrogen) atoms. The fourth-order valence-electron chi connectivity index (χ4n) is 2.90. The summed E-state index contributed by atoms with van der Waals surface area (Å²) < 4.78 is 0. The Balaban J connectivity index is 1.92. The van der Waals surface area contributed by atoms with Gasteiger partial charge < -0.3 is 10.2 Å². The lowest BCUT2D eigenvalue weighted by atomic mass is 10.0. The number of rotatable bonds is 5. The van der Waals surface area contributed by atoms with Crippen LogP contribution in [0.3, 0.4) is 0 Å². The Kier molecular flexibility index (Phi) is 5.68. The highest BCUT2D eigenvalue weighted by atomic mass is 35.5. The molecule has 2 rings (SSSR count). The smallest absolute Gasteiger partial charge is 0.0409 e. The molecule has 0 amide bonds. The Hall–Kier alpha value is -0.570. The zero-order chi connectivity index (χ0) is 13.7. The van der Waals surface area contributed by atoms with Gasteiger partial charge in [0.15, 0.2) is 0 Å². The monoisotopic (exact) mass is 280 g/mol. The minimum Gasteiger partial charge on any atom is -0.308 e. The van der Waals surface area contributed by atoms with Crippen molar-refractivity contribution >= 4 is 11.6 Å². The lowest BCUT2D eigenvalue weighted by molar-refractivity contribution is 0.177. The Morgan fingerprint density at radius 2 is 2.26 bits per heavy atom. The highest BCUT2D eigenvalue weighted by molar-refractivity contribution is 6.30. The van der Waals surface area contributed by atoms with Crippen LogP contribution in [0.4, 0.5) is 0 Å². The summed E-state index contributed by atoms with van der Waals surface area (Å²) in [5.41, 5.74) is 1.30. The third-order valence-electron chi connectivity index (χ3n) is 4.18. The van der Waals surface area contributed by atoms with E-state index in [0.29, 0.717) is 12.1 Å². The number of halogens is 1. The summed E-state index contributed by atoms with van der Waals surface area (Å²) in [6.45, 7) is 4.53. The Morgan fingerprint density at radius 1 is 1.42 bits per heavy atom. The number of nitrogens with one attached hydrogen (secondary N) is 1. The molecule has 0 bridgehead atoms. The number of likely N-dealkylation sites (tertiary alicyclic amines) is 1. The summed E-state index contributed by atoms with van der Waals surface area (Å²) in [5.74, 6) is 0. The van der Waals surface area contributed by atoms with Gasteiger partial charge in [0.25, 0.3) is 0 Å². The van der Waals surface area contributed by atoms with Crippen molar-refractivity contribution in [3.05, 3.63) is 34.9 Å². The van der Waals surface area contributed by atoms with Crippen LogP contribution in [-0.2, 0) is 0 Å². The first-order chi connectivity index (χ1) is 9.20. The summed E-state index contributed by atoms with van der Waals surface area (Å²) in [6.07, 6.45) is 5.12. The van der Waals surface area contributed by atoms with Crippen LogP contribution in [-0.4, -0.2) is 31.1 Å². The van der Waals surface area contributed by atoms with Crippen molar-refractivity contribution in [1.29, 1.82) is 0 Å². The van der Waals surface area contributed by atoms with E-state index in [0.717, 1.165) is 18.0 Å². The number of hydrogen-bond acceptors (Lipinski definition) is 2. The van der Waals surface area contributed by atoms with Crippen LogP contribution in [0, 0.1) is 0 Å². The van der Waals surface area contributed by atoms with Gasteiger partial charge in [-0.15, -0.1) is 0 Å². The molecule has 1 fully saturated rings. The second-order valence-corrected chi connectivity index (χ2v) is 5.99. The SMILES string of the molecule is CCC(NCC1CCCCN1C)c1cccc(Cl)c1. The molecule has 0 aromatic heterocycles. The first kappa shape index (κ1) is 14.8. The van der Waals surface area contributed by atoms with E-state index in [2.05, 4.69) is 36.3 Å². The molecule has 106 valence electrons. The summed E-state index contributed by atoms with van der Waals surface area (Å²) in [6, 6.07) is 9.31. The van der Waals surface area contributed by atoms with Gasteiger partial charge in [0.1, 0.15) is 0 Å². The first-order valence-corrected chi connectivity index (χ1v) is 7.77. The van der Waals surface area contributed by atoms with Gasteiger partial charge in [0, 0.05) is 23.7 Å². The standard InChI is InChI=1S/C16H25ClN2/c1-3-16(13-7-6-8-14(17)11-13)18-12-15-9-4-5-10-19(15)2/h6-8,11,15-16,18H,3-5,9-10,12H2,1-2H3. The van der Waals surface area contributed by atoms with Crippen LogP contribution in [0.1, 0.15) is 44.2 Å². The minimum atomic E-state index is 0.411. The normalized spacial score (nSPS) is 22.4. The Labute approximate surface area is 122 Å². The van der Waals surface area contributed by atoms with Crippen LogP contribution < -0.4 is 5.32 Å². The fraction of sp³-hybridized carbons (Fsp3) is 0.625. The average molecular weight is 281 g/mol. The van der Waals surface area contributed by atoms with E-state index in [9.17, 15) is 0 Å². The molecule has 2 atom stereocenters. The van der Waals surface area contributed by atoms with Crippen molar-refractivity contribution < 1.29 is 0 Å². The molecule has 1 aliphatic rings. The second kappa shape index (κ2) is 7.28. The molecule has 1 aromatic rings. The van der Waals surface area contributed by atoms with E-state index in [1.807, 2.05) is 12.1 Å². The highest BCUT2D eigenvalue weighted by Gasteiger charge is 2.20. The number of nitrogens with zero attached hydrogens (tertiary/aromatic N) is 1. The minimum absolute atomic E-state index is 0.411. The molecule has 1 aromatic carbocycles. The van der Waals surface area contributed by atoms with Crippen LogP contribution in [0.15, 0.2) is 24.3 Å². The molecule has 0 spiro atoms. The maximum atomic E-state index is 6.08. The maximum Gasteiger partial charge on any atom is 0.0409 e. The predicted molar refractivity (Wildman–Crippen MR) is 82.8 cm³/mol. The van der Waals surface area contributed by atoms with E-state index in [-0.39, 0.29) is 0 Å². The van der Waals surface area contributed by atoms with Crippen molar-refractivity contribution in [2.75, 3.05) is 20.1 Å². The number of likely N-dealkylation sites (N-methyl/N-ethyl adjacent to an activating group) is 1. The van der Waals surface area contributed by atoms with Crippen LogP contribution >= 0.6 is 11.6 Å². The van der Waals surface area contributed by atoms with Gasteiger partial charge in [0.05, 0.1) is 0 Å². The van der Waals surface area contributed by atoms with Gasteiger partial charge in [-0.25, -0.2) is 0 Å². The van der Waals surface area contributed by atoms with Crippen LogP contribution in [0.25, 0.3) is 0 Å². The molecule has 1 heterocycles. The zero-order valence-corrected chi connectivity index (χ0v) is 12.8. The largest absolute Gasteiger partial charge is 0.308 e. The zero-order valence-electron chi connectivity index (χ0n) is 12.0. The number of hydrogen-bond donors (Lipinski definition) is 1. The average Bonchev–Trinajstić information content (AvgIpc) is 2.41. The fourth-order valence-corrected chi connectivity index (χ4v) is 3.10. The van der Waals surface area contributed by atoms with E-state index in [4.69, 9.17) is 11.6 Å². The van der Waals surface area contributed by atoms with Crippen molar-refractivity contribution in [3.8, 4) is 0 Å². The summed E-state index contributed by atoms with van der Waals surface area (Å²) >= 11 is 6.08. The first-order valence-electron chi connectivity index (χ1n) is 7.39. The topological polar surface area (TPSA) is 15.3 Å². The molecule has 1 saturated heterocycles. The van der Waals surface area contributed by atoms with Gasteiger partial charge in [-0.05, 0) is 50.6 Å². The van der Waals surface area contributed by atoms with Crippen LogP contribution in [0.2, 0.25) is 5.02 Å². The van der Waals surface area contributed by atoms with E-state index in [1.165, 1.54) is 31.4 Å². The van der Waals surface area contributed by atoms with Crippen molar-refractivity contribution in [2.45, 2.75) is 44.7 Å². The molecular formula is C16H25ClN2. The molecule has 2 nitrogen and oxygen atoms in total. The van der Waals surface area contributed by atoms with Gasteiger partial charge in [-0.1, -0.05) is 37.1 Å². The van der Waals surface area contributed by atoms with Gasteiger partial charge in [-0.3, -0.25) is 0 Å². The molecule has 0 aliphatic carbocycles. The lowest BCUT2D eigenvalue weighted by Crippen LogP contribution is -2.43. The lowest BCUT2D eigenvalue weighted by Gasteiger charge is -2.33. The second-order valence-electron chi connectivity index (χ2n) is 5.55. The van der Waals surface area contributed by atoms with E-state index < -0.39 is 0 Å². The highest BCUT2D eigenvalue weighted by Crippen LogP contribution is 2.21. The molecular weight excluding hydrogens is 256 g/mol. The molecule has 0 saturated carbocycles.